The van der Waals surface area contributed by atoms with E-state index in [4.69, 9.17) is 0 Å². The molecule has 0 amide bonds. The van der Waals surface area contributed by atoms with Gasteiger partial charge in [-0.3, -0.25) is 0 Å². The Balaban J connectivity index is 0.000000921. The van der Waals surface area contributed by atoms with Crippen molar-refractivity contribution in [3.05, 3.63) is 41.5 Å². The van der Waals surface area contributed by atoms with Crippen LogP contribution in [0.25, 0.3) is 4.91 Å². The van der Waals surface area contributed by atoms with Crippen molar-refractivity contribution in [3.63, 3.8) is 0 Å². The Morgan fingerprint density at radius 2 is 1.73 bits per heavy atom. The zero-order chi connectivity index (χ0) is 11.7. The zero-order valence-electron chi connectivity index (χ0n) is 10.5. The SMILES string of the molecule is C/C=C(\SCC)c1ccc(C)cc1.CC. The summed E-state index contributed by atoms with van der Waals surface area (Å²) in [5, 5.41) is 0. The van der Waals surface area contributed by atoms with Crippen LogP contribution in [0.3, 0.4) is 0 Å². The average molecular weight is 222 g/mol. The van der Waals surface area contributed by atoms with Gasteiger partial charge >= 0.3 is 0 Å². The van der Waals surface area contributed by atoms with Crippen LogP contribution in [0.1, 0.15) is 38.8 Å². The summed E-state index contributed by atoms with van der Waals surface area (Å²) in [6, 6.07) is 8.70. The third kappa shape index (κ3) is 5.08. The number of thioether (sulfide) groups is 1. The molecule has 84 valence electrons. The molecule has 0 spiro atoms. The second-order valence-electron chi connectivity index (χ2n) is 2.95. The largest absolute Gasteiger partial charge is 0.126 e. The number of benzene rings is 1. The van der Waals surface area contributed by atoms with E-state index in [1.54, 1.807) is 0 Å². The van der Waals surface area contributed by atoms with Crippen LogP contribution in [0.15, 0.2) is 30.3 Å². The van der Waals surface area contributed by atoms with E-state index >= 15 is 0 Å². The van der Waals surface area contributed by atoms with Gasteiger partial charge in [0.05, 0.1) is 0 Å². The first-order valence-corrected chi connectivity index (χ1v) is 6.62. The van der Waals surface area contributed by atoms with E-state index in [0.29, 0.717) is 0 Å². The molecule has 0 saturated heterocycles. The summed E-state index contributed by atoms with van der Waals surface area (Å²) < 4.78 is 0. The Morgan fingerprint density at radius 1 is 1.20 bits per heavy atom. The van der Waals surface area contributed by atoms with E-state index in [-0.39, 0.29) is 0 Å². The van der Waals surface area contributed by atoms with Crippen molar-refractivity contribution in [3.8, 4) is 0 Å². The van der Waals surface area contributed by atoms with E-state index in [1.165, 1.54) is 16.0 Å². The summed E-state index contributed by atoms with van der Waals surface area (Å²) in [5.41, 5.74) is 2.65. The molecule has 0 aliphatic heterocycles. The second kappa shape index (κ2) is 8.60. The van der Waals surface area contributed by atoms with E-state index in [1.807, 2.05) is 25.6 Å². The Labute approximate surface area is 98.8 Å². The fourth-order valence-electron chi connectivity index (χ4n) is 1.21. The molecule has 0 heterocycles. The van der Waals surface area contributed by atoms with E-state index in [0.717, 1.165) is 5.75 Å². The molecule has 1 aromatic rings. The minimum atomic E-state index is 1.13. The maximum absolute atomic E-state index is 2.19. The van der Waals surface area contributed by atoms with E-state index < -0.39 is 0 Å². The van der Waals surface area contributed by atoms with Crippen molar-refractivity contribution in [1.29, 1.82) is 0 Å². The highest BCUT2D eigenvalue weighted by atomic mass is 32.2. The smallest absolute Gasteiger partial charge is 0.0102 e. The zero-order valence-corrected chi connectivity index (χ0v) is 11.3. The molecule has 0 radical (unpaired) electrons. The van der Waals surface area contributed by atoms with Crippen LogP contribution in [0, 0.1) is 6.92 Å². The van der Waals surface area contributed by atoms with Crippen molar-refractivity contribution in [2.45, 2.75) is 34.6 Å². The quantitative estimate of drug-likeness (QED) is 0.682. The molecule has 1 rings (SSSR count). The Hall–Kier alpha value is -0.690. The Bertz CT molecular complexity index is 283. The first-order valence-electron chi connectivity index (χ1n) is 5.64. The molecule has 0 aromatic heterocycles. The molecule has 0 bridgehead atoms. The van der Waals surface area contributed by atoms with Crippen LogP contribution in [-0.4, -0.2) is 5.75 Å². The van der Waals surface area contributed by atoms with Gasteiger partial charge in [-0.15, -0.1) is 11.8 Å². The van der Waals surface area contributed by atoms with Gasteiger partial charge in [-0.2, -0.15) is 0 Å². The summed E-state index contributed by atoms with van der Waals surface area (Å²) in [6.07, 6.45) is 2.18. The normalized spacial score (nSPS) is 10.6. The van der Waals surface area contributed by atoms with E-state index in [2.05, 4.69) is 51.1 Å². The first kappa shape index (κ1) is 14.3. The Morgan fingerprint density at radius 3 is 2.13 bits per heavy atom. The van der Waals surface area contributed by atoms with Crippen molar-refractivity contribution in [1.82, 2.24) is 0 Å². The molecule has 15 heavy (non-hydrogen) atoms. The van der Waals surface area contributed by atoms with Gasteiger partial charge in [0, 0.05) is 4.91 Å². The van der Waals surface area contributed by atoms with Crippen LogP contribution < -0.4 is 0 Å². The lowest BCUT2D eigenvalue weighted by Gasteiger charge is -2.05. The average Bonchev–Trinajstić information content (AvgIpc) is 2.30. The Kier molecular flexibility index (Phi) is 8.21. The van der Waals surface area contributed by atoms with Crippen LogP contribution in [-0.2, 0) is 0 Å². The van der Waals surface area contributed by atoms with Gasteiger partial charge in [0.2, 0.25) is 0 Å². The molecule has 1 aromatic carbocycles. The van der Waals surface area contributed by atoms with Crippen LogP contribution in [0.4, 0.5) is 0 Å². The molecular formula is C14H22S. The summed E-state index contributed by atoms with van der Waals surface area (Å²) in [7, 11) is 0. The van der Waals surface area contributed by atoms with Gasteiger partial charge in [-0.1, -0.05) is 56.7 Å². The third-order valence-electron chi connectivity index (χ3n) is 1.90. The lowest BCUT2D eigenvalue weighted by molar-refractivity contribution is 1.46. The van der Waals surface area contributed by atoms with Gasteiger partial charge in [-0.25, -0.2) is 0 Å². The monoisotopic (exact) mass is 222 g/mol. The van der Waals surface area contributed by atoms with Crippen molar-refractivity contribution in [2.75, 3.05) is 5.75 Å². The standard InChI is InChI=1S/C12H16S.C2H6/c1-4-12(13-5-2)11-8-6-10(3)7-9-11;1-2/h4,6-9H,5H2,1-3H3;1-2H3/b12-4-;. The predicted octanol–water partition coefficient (Wildman–Crippen LogP) is 5.14. The van der Waals surface area contributed by atoms with Crippen LogP contribution in [0.5, 0.6) is 0 Å². The molecule has 0 unspecified atom stereocenters. The minimum Gasteiger partial charge on any atom is -0.126 e. The lowest BCUT2D eigenvalue weighted by Crippen LogP contribution is -1.81. The lowest BCUT2D eigenvalue weighted by atomic mass is 10.1. The summed E-state index contributed by atoms with van der Waals surface area (Å²) in [4.78, 5) is 1.38. The van der Waals surface area contributed by atoms with E-state index in [9.17, 15) is 0 Å². The summed E-state index contributed by atoms with van der Waals surface area (Å²) >= 11 is 1.90. The molecule has 0 nitrogen and oxygen atoms in total. The van der Waals surface area contributed by atoms with Crippen molar-refractivity contribution >= 4 is 16.7 Å². The fourth-order valence-corrected chi connectivity index (χ4v) is 1.99. The summed E-state index contributed by atoms with van der Waals surface area (Å²) in [6.45, 7) is 10.4. The summed E-state index contributed by atoms with van der Waals surface area (Å²) in [5.74, 6) is 1.13. The molecule has 0 fully saturated rings. The molecule has 1 heteroatoms. The van der Waals surface area contributed by atoms with Gasteiger partial charge < -0.3 is 0 Å². The maximum Gasteiger partial charge on any atom is 0.0102 e. The number of hydrogen-bond donors (Lipinski definition) is 0. The maximum atomic E-state index is 2.19. The molecular weight excluding hydrogens is 200 g/mol. The number of aryl methyl sites for hydroxylation is 1. The molecule has 0 saturated carbocycles. The third-order valence-corrected chi connectivity index (χ3v) is 2.97. The van der Waals surface area contributed by atoms with Crippen LogP contribution >= 0.6 is 11.8 Å². The fraction of sp³-hybridized carbons (Fsp3) is 0.429. The first-order chi connectivity index (χ1) is 7.27. The number of rotatable bonds is 3. The highest BCUT2D eigenvalue weighted by Crippen LogP contribution is 2.26. The highest BCUT2D eigenvalue weighted by Gasteiger charge is 1.98. The van der Waals surface area contributed by atoms with Crippen molar-refractivity contribution < 1.29 is 0 Å². The van der Waals surface area contributed by atoms with Gasteiger partial charge in [0.15, 0.2) is 0 Å². The van der Waals surface area contributed by atoms with Crippen LogP contribution in [0.2, 0.25) is 0 Å². The van der Waals surface area contributed by atoms with Crippen molar-refractivity contribution in [2.24, 2.45) is 0 Å². The molecule has 0 aliphatic rings. The van der Waals surface area contributed by atoms with Gasteiger partial charge in [0.25, 0.3) is 0 Å². The topological polar surface area (TPSA) is 0 Å². The minimum absolute atomic E-state index is 1.13. The predicted molar refractivity (Wildman–Crippen MR) is 74.3 cm³/mol. The second-order valence-corrected chi connectivity index (χ2v) is 4.26. The number of hydrogen-bond acceptors (Lipinski definition) is 1. The van der Waals surface area contributed by atoms with Gasteiger partial charge in [0.1, 0.15) is 0 Å². The highest BCUT2D eigenvalue weighted by molar-refractivity contribution is 8.08. The van der Waals surface area contributed by atoms with Gasteiger partial charge in [-0.05, 0) is 25.2 Å². The molecule has 0 atom stereocenters. The molecule has 0 aliphatic carbocycles. The molecule has 0 N–H and O–H groups in total. The number of allylic oxidation sites excluding steroid dienone is 1.